The van der Waals surface area contributed by atoms with E-state index in [9.17, 15) is 8.42 Å². The summed E-state index contributed by atoms with van der Waals surface area (Å²) in [6.07, 6.45) is 3.32. The van der Waals surface area contributed by atoms with Gasteiger partial charge in [-0.25, -0.2) is 8.42 Å². The molecule has 1 aromatic carbocycles. The number of halogens is 1. The molecule has 0 aliphatic carbocycles. The van der Waals surface area contributed by atoms with E-state index in [1.165, 1.54) is 6.26 Å². The maximum absolute atomic E-state index is 11.7. The van der Waals surface area contributed by atoms with Crippen molar-refractivity contribution in [1.82, 2.24) is 0 Å². The molecule has 0 N–H and O–H groups in total. The number of ether oxygens (including phenoxy) is 2. The third-order valence-corrected chi connectivity index (χ3v) is 4.59. The Balaban J connectivity index is 2.06. The van der Waals surface area contributed by atoms with E-state index in [1.807, 2.05) is 0 Å². The van der Waals surface area contributed by atoms with Crippen molar-refractivity contribution in [3.63, 3.8) is 0 Å². The first-order valence-corrected chi connectivity index (χ1v) is 8.42. The molecule has 0 saturated carbocycles. The van der Waals surface area contributed by atoms with Crippen LogP contribution in [0.4, 0.5) is 0 Å². The highest BCUT2D eigenvalue weighted by Gasteiger charge is 2.18. The van der Waals surface area contributed by atoms with Crippen molar-refractivity contribution < 1.29 is 17.9 Å². The predicted molar refractivity (Wildman–Crippen MR) is 73.2 cm³/mol. The lowest BCUT2D eigenvalue weighted by atomic mass is 10.2. The molecule has 1 aliphatic rings. The van der Waals surface area contributed by atoms with Crippen molar-refractivity contribution in [2.24, 2.45) is 0 Å². The lowest BCUT2D eigenvalue weighted by Crippen LogP contribution is -2.14. The molecule has 0 spiro atoms. The normalized spacial score (nSPS) is 19.8. The second kappa shape index (κ2) is 6.22. The van der Waals surface area contributed by atoms with E-state index in [-0.39, 0.29) is 17.6 Å². The van der Waals surface area contributed by atoms with Crippen LogP contribution in [-0.2, 0) is 25.9 Å². The summed E-state index contributed by atoms with van der Waals surface area (Å²) in [6.45, 7) is 1.42. The Kier molecular flexibility index (Phi) is 4.84. The van der Waals surface area contributed by atoms with Crippen molar-refractivity contribution in [3.05, 3.63) is 28.8 Å². The van der Waals surface area contributed by atoms with Gasteiger partial charge in [0.25, 0.3) is 0 Å². The first-order valence-electron chi connectivity index (χ1n) is 6.15. The molecule has 1 saturated heterocycles. The smallest absolute Gasteiger partial charge is 0.175 e. The van der Waals surface area contributed by atoms with Crippen LogP contribution in [0.15, 0.2) is 23.1 Å². The number of hydrogen-bond acceptors (Lipinski definition) is 4. The minimum absolute atomic E-state index is 0.115. The molecule has 1 aromatic rings. The van der Waals surface area contributed by atoms with Crippen LogP contribution >= 0.6 is 11.6 Å². The Bertz CT molecular complexity index is 536. The summed E-state index contributed by atoms with van der Waals surface area (Å²) in [7, 11) is -3.30. The van der Waals surface area contributed by atoms with Crippen LogP contribution in [-0.4, -0.2) is 34.0 Å². The van der Waals surface area contributed by atoms with E-state index in [4.69, 9.17) is 21.1 Å². The maximum atomic E-state index is 11.7. The SMILES string of the molecule is CS(=O)(=O)c1cccc(Cl)c1COCC1CCCO1. The highest BCUT2D eigenvalue weighted by atomic mass is 35.5. The minimum Gasteiger partial charge on any atom is -0.376 e. The standard InChI is InChI=1S/C13H17ClO4S/c1-19(15,16)13-6-2-5-12(14)11(13)9-17-8-10-4-3-7-18-10/h2,5-6,10H,3-4,7-9H2,1H3. The zero-order valence-electron chi connectivity index (χ0n) is 10.8. The molecule has 0 amide bonds. The molecule has 1 aliphatic heterocycles. The summed E-state index contributed by atoms with van der Waals surface area (Å²) in [5, 5.41) is 0.412. The molecule has 2 rings (SSSR count). The fourth-order valence-corrected chi connectivity index (χ4v) is 3.32. The topological polar surface area (TPSA) is 52.6 Å². The molecule has 1 heterocycles. The first kappa shape index (κ1) is 14.8. The highest BCUT2D eigenvalue weighted by Crippen LogP contribution is 2.25. The lowest BCUT2D eigenvalue weighted by Gasteiger charge is -2.13. The lowest BCUT2D eigenvalue weighted by molar-refractivity contribution is 0.0100. The van der Waals surface area contributed by atoms with Crippen LogP contribution in [0.1, 0.15) is 18.4 Å². The third-order valence-electron chi connectivity index (χ3n) is 3.05. The summed E-state index contributed by atoms with van der Waals surface area (Å²) >= 11 is 6.06. The summed E-state index contributed by atoms with van der Waals surface area (Å²) in [6, 6.07) is 4.84. The maximum Gasteiger partial charge on any atom is 0.175 e. The van der Waals surface area contributed by atoms with Crippen LogP contribution in [0.2, 0.25) is 5.02 Å². The van der Waals surface area contributed by atoms with Gasteiger partial charge in [-0.15, -0.1) is 0 Å². The Hall–Kier alpha value is -0.620. The Morgan fingerprint density at radius 2 is 2.26 bits per heavy atom. The average Bonchev–Trinajstić information content (AvgIpc) is 2.82. The van der Waals surface area contributed by atoms with E-state index in [0.29, 0.717) is 17.2 Å². The molecular formula is C13H17ClO4S. The van der Waals surface area contributed by atoms with Crippen molar-refractivity contribution in [2.45, 2.75) is 30.4 Å². The van der Waals surface area contributed by atoms with Crippen LogP contribution < -0.4 is 0 Å². The summed E-state index contributed by atoms with van der Waals surface area (Å²) in [4.78, 5) is 0.229. The Labute approximate surface area is 118 Å². The van der Waals surface area contributed by atoms with E-state index in [1.54, 1.807) is 18.2 Å². The highest BCUT2D eigenvalue weighted by molar-refractivity contribution is 7.90. The Morgan fingerprint density at radius 3 is 2.89 bits per heavy atom. The molecule has 6 heteroatoms. The molecule has 19 heavy (non-hydrogen) atoms. The zero-order chi connectivity index (χ0) is 13.9. The molecule has 1 atom stereocenters. The van der Waals surface area contributed by atoms with E-state index in [0.717, 1.165) is 19.4 Å². The van der Waals surface area contributed by atoms with Gasteiger partial charge in [0.1, 0.15) is 0 Å². The van der Waals surface area contributed by atoms with Crippen LogP contribution in [0.3, 0.4) is 0 Å². The zero-order valence-corrected chi connectivity index (χ0v) is 12.3. The van der Waals surface area contributed by atoms with Gasteiger partial charge >= 0.3 is 0 Å². The second-order valence-electron chi connectivity index (χ2n) is 4.64. The molecule has 0 radical (unpaired) electrons. The van der Waals surface area contributed by atoms with E-state index < -0.39 is 9.84 Å². The van der Waals surface area contributed by atoms with Gasteiger partial charge in [-0.1, -0.05) is 17.7 Å². The van der Waals surface area contributed by atoms with Crippen molar-refractivity contribution in [1.29, 1.82) is 0 Å². The van der Waals surface area contributed by atoms with Gasteiger partial charge < -0.3 is 9.47 Å². The molecule has 1 fully saturated rings. The summed E-state index contributed by atoms with van der Waals surface area (Å²) < 4.78 is 34.4. The predicted octanol–water partition coefficient (Wildman–Crippen LogP) is 2.44. The molecule has 1 unspecified atom stereocenters. The van der Waals surface area contributed by atoms with Crippen molar-refractivity contribution in [3.8, 4) is 0 Å². The van der Waals surface area contributed by atoms with Crippen LogP contribution in [0.25, 0.3) is 0 Å². The molecular weight excluding hydrogens is 288 g/mol. The van der Waals surface area contributed by atoms with Gasteiger partial charge in [-0.05, 0) is 25.0 Å². The van der Waals surface area contributed by atoms with Gasteiger partial charge in [-0.2, -0.15) is 0 Å². The number of hydrogen-bond donors (Lipinski definition) is 0. The molecule has 4 nitrogen and oxygen atoms in total. The molecule has 0 bridgehead atoms. The first-order chi connectivity index (χ1) is 8.98. The largest absolute Gasteiger partial charge is 0.376 e. The second-order valence-corrected chi connectivity index (χ2v) is 7.03. The van der Waals surface area contributed by atoms with Crippen molar-refractivity contribution >= 4 is 21.4 Å². The monoisotopic (exact) mass is 304 g/mol. The molecule has 106 valence electrons. The third kappa shape index (κ3) is 3.92. The van der Waals surface area contributed by atoms with E-state index >= 15 is 0 Å². The van der Waals surface area contributed by atoms with Crippen molar-refractivity contribution in [2.75, 3.05) is 19.5 Å². The van der Waals surface area contributed by atoms with Gasteiger partial charge in [-0.3, -0.25) is 0 Å². The summed E-state index contributed by atoms with van der Waals surface area (Å²) in [5.74, 6) is 0. The summed E-state index contributed by atoms with van der Waals surface area (Å²) in [5.41, 5.74) is 0.518. The van der Waals surface area contributed by atoms with Crippen LogP contribution in [0, 0.1) is 0 Å². The van der Waals surface area contributed by atoms with Gasteiger partial charge in [0.05, 0.1) is 24.2 Å². The fourth-order valence-electron chi connectivity index (χ4n) is 2.09. The minimum atomic E-state index is -3.30. The van der Waals surface area contributed by atoms with Gasteiger partial charge in [0.2, 0.25) is 0 Å². The van der Waals surface area contributed by atoms with Gasteiger partial charge in [0, 0.05) is 23.4 Å². The average molecular weight is 305 g/mol. The van der Waals surface area contributed by atoms with Crippen LogP contribution in [0.5, 0.6) is 0 Å². The number of benzene rings is 1. The number of rotatable bonds is 5. The number of sulfone groups is 1. The molecule has 0 aromatic heterocycles. The van der Waals surface area contributed by atoms with E-state index in [2.05, 4.69) is 0 Å². The van der Waals surface area contributed by atoms with Gasteiger partial charge in [0.15, 0.2) is 9.84 Å². The quantitative estimate of drug-likeness (QED) is 0.838. The fraction of sp³-hybridized carbons (Fsp3) is 0.538. The Morgan fingerprint density at radius 1 is 1.47 bits per heavy atom.